The van der Waals surface area contributed by atoms with Gasteiger partial charge in [0, 0.05) is 12.4 Å². The highest BCUT2D eigenvalue weighted by Gasteiger charge is 2.14. The molecular weight excluding hydrogens is 430 g/mol. The van der Waals surface area contributed by atoms with Crippen molar-refractivity contribution in [3.05, 3.63) is 104 Å². The second-order valence-corrected chi connectivity index (χ2v) is 9.87. The van der Waals surface area contributed by atoms with Gasteiger partial charge in [0.2, 0.25) is 5.62 Å². The van der Waals surface area contributed by atoms with E-state index in [1.165, 1.54) is 38.9 Å². The van der Waals surface area contributed by atoms with Crippen LogP contribution in [0.4, 0.5) is 5.69 Å². The third kappa shape index (κ3) is 4.76. The van der Waals surface area contributed by atoms with Crippen molar-refractivity contribution in [2.45, 2.75) is 62.3 Å². The molecule has 35 heavy (non-hydrogen) atoms. The van der Waals surface area contributed by atoms with E-state index in [0.29, 0.717) is 5.62 Å². The van der Waals surface area contributed by atoms with Crippen molar-refractivity contribution < 1.29 is 0 Å². The summed E-state index contributed by atoms with van der Waals surface area (Å²) in [6.45, 7) is 19.1. The molecule has 0 aliphatic carbocycles. The lowest BCUT2D eigenvalue weighted by Gasteiger charge is -2.15. The molecule has 0 amide bonds. The Hall–Kier alpha value is -3.73. The van der Waals surface area contributed by atoms with E-state index in [0.717, 1.165) is 28.2 Å². The maximum Gasteiger partial charge on any atom is 0.240 e. The van der Waals surface area contributed by atoms with Gasteiger partial charge in [0.25, 0.3) is 0 Å². The van der Waals surface area contributed by atoms with E-state index in [-0.39, 0.29) is 0 Å². The minimum atomic E-state index is 0.710. The summed E-state index contributed by atoms with van der Waals surface area (Å²) in [5.41, 5.74) is 14.5. The van der Waals surface area contributed by atoms with Crippen LogP contribution in [0, 0.1) is 62.3 Å². The molecule has 0 saturated heterocycles. The van der Waals surface area contributed by atoms with Gasteiger partial charge in [0.15, 0.2) is 0 Å². The molecule has 180 valence electrons. The predicted octanol–water partition coefficient (Wildman–Crippen LogP) is 7.64. The van der Waals surface area contributed by atoms with Gasteiger partial charge in [0.05, 0.1) is 17.1 Å². The smallest absolute Gasteiger partial charge is 0.240 e. The maximum atomic E-state index is 4.71. The van der Waals surface area contributed by atoms with Crippen LogP contribution in [0.3, 0.4) is 0 Å². The molecule has 1 aromatic heterocycles. The Morgan fingerprint density at radius 1 is 0.486 bits per heavy atom. The second-order valence-electron chi connectivity index (χ2n) is 9.87. The van der Waals surface area contributed by atoms with E-state index < -0.39 is 0 Å². The van der Waals surface area contributed by atoms with Crippen LogP contribution in [0.25, 0.3) is 11.4 Å². The van der Waals surface area contributed by atoms with Crippen molar-refractivity contribution in [3.63, 3.8) is 0 Å². The molecule has 0 aliphatic heterocycles. The van der Waals surface area contributed by atoms with Gasteiger partial charge in [-0.25, -0.2) is 0 Å². The SMILES string of the molecule is Cc1cc(C)c(N=NN=c2n(-c3c(C)cc(C)cc3C)ccn2-c2c(C)cc(C)cc2C)c(C)c1. The molecule has 0 unspecified atom stereocenters. The van der Waals surface area contributed by atoms with Gasteiger partial charge in [-0.3, -0.25) is 9.13 Å². The van der Waals surface area contributed by atoms with E-state index in [9.17, 15) is 0 Å². The van der Waals surface area contributed by atoms with Crippen molar-refractivity contribution in [3.8, 4) is 11.4 Å². The quantitative estimate of drug-likeness (QED) is 0.220. The minimum absolute atomic E-state index is 0.710. The Balaban J connectivity index is 1.98. The van der Waals surface area contributed by atoms with Gasteiger partial charge in [-0.05, 0) is 101 Å². The van der Waals surface area contributed by atoms with Crippen molar-refractivity contribution in [2.24, 2.45) is 15.4 Å². The molecule has 1 heterocycles. The van der Waals surface area contributed by atoms with Gasteiger partial charge in [-0.2, -0.15) is 0 Å². The van der Waals surface area contributed by atoms with Crippen LogP contribution in [0.1, 0.15) is 50.1 Å². The molecule has 0 bridgehead atoms. The van der Waals surface area contributed by atoms with Crippen molar-refractivity contribution >= 4 is 5.69 Å². The number of benzene rings is 3. The molecule has 0 N–H and O–H groups in total. The lowest BCUT2D eigenvalue weighted by atomic mass is 10.0. The number of rotatable bonds is 4. The topological polar surface area (TPSA) is 46.9 Å². The van der Waals surface area contributed by atoms with Gasteiger partial charge >= 0.3 is 0 Å². The highest BCUT2D eigenvalue weighted by Crippen LogP contribution is 2.26. The molecule has 0 aliphatic rings. The molecule has 0 fully saturated rings. The third-order valence-corrected chi connectivity index (χ3v) is 6.46. The van der Waals surface area contributed by atoms with E-state index in [1.807, 2.05) is 0 Å². The van der Waals surface area contributed by atoms with Crippen LogP contribution < -0.4 is 5.62 Å². The van der Waals surface area contributed by atoms with Crippen LogP contribution >= 0.6 is 0 Å². The van der Waals surface area contributed by atoms with Gasteiger partial charge in [-0.1, -0.05) is 58.2 Å². The lowest BCUT2D eigenvalue weighted by molar-refractivity contribution is 0.802. The molecule has 4 aromatic rings. The summed E-state index contributed by atoms with van der Waals surface area (Å²) in [7, 11) is 0. The fourth-order valence-electron chi connectivity index (χ4n) is 5.37. The Kier molecular flexibility index (Phi) is 6.62. The lowest BCUT2D eigenvalue weighted by Crippen LogP contribution is -2.25. The summed E-state index contributed by atoms with van der Waals surface area (Å²) < 4.78 is 4.24. The summed E-state index contributed by atoms with van der Waals surface area (Å²) in [6.07, 6.45) is 4.14. The summed E-state index contributed by atoms with van der Waals surface area (Å²) in [5.74, 6) is 0. The summed E-state index contributed by atoms with van der Waals surface area (Å²) in [4.78, 5) is 0. The molecule has 0 atom stereocenters. The van der Waals surface area contributed by atoms with E-state index in [1.54, 1.807) is 0 Å². The number of imidazole rings is 1. The van der Waals surface area contributed by atoms with E-state index >= 15 is 0 Å². The normalized spacial score (nSPS) is 11.5. The van der Waals surface area contributed by atoms with Crippen LogP contribution in [0.5, 0.6) is 0 Å². The van der Waals surface area contributed by atoms with Crippen LogP contribution in [0.15, 0.2) is 64.2 Å². The van der Waals surface area contributed by atoms with Crippen LogP contribution in [0.2, 0.25) is 0 Å². The zero-order valence-corrected chi connectivity index (χ0v) is 22.4. The summed E-state index contributed by atoms with van der Waals surface area (Å²) in [5, 5.41) is 13.6. The summed E-state index contributed by atoms with van der Waals surface area (Å²) >= 11 is 0. The Labute approximate surface area is 208 Å². The van der Waals surface area contributed by atoms with Gasteiger partial charge < -0.3 is 0 Å². The average molecular weight is 466 g/mol. The van der Waals surface area contributed by atoms with Crippen molar-refractivity contribution in [1.82, 2.24) is 9.13 Å². The Bertz CT molecular complexity index is 1380. The molecule has 3 aromatic carbocycles. The largest absolute Gasteiger partial charge is 0.284 e. The first-order valence-corrected chi connectivity index (χ1v) is 12.1. The fraction of sp³-hybridized carbons (Fsp3) is 0.300. The minimum Gasteiger partial charge on any atom is -0.284 e. The van der Waals surface area contributed by atoms with E-state index in [4.69, 9.17) is 5.10 Å². The molecule has 0 spiro atoms. The maximum absolute atomic E-state index is 4.71. The van der Waals surface area contributed by atoms with Crippen LogP contribution in [-0.4, -0.2) is 9.13 Å². The Morgan fingerprint density at radius 2 is 0.829 bits per heavy atom. The first kappa shape index (κ1) is 24.4. The third-order valence-electron chi connectivity index (χ3n) is 6.46. The zero-order valence-electron chi connectivity index (χ0n) is 22.4. The van der Waals surface area contributed by atoms with Crippen molar-refractivity contribution in [2.75, 3.05) is 0 Å². The predicted molar refractivity (Wildman–Crippen MR) is 144 cm³/mol. The number of hydrogen-bond donors (Lipinski definition) is 0. The number of aromatic nitrogens is 2. The van der Waals surface area contributed by atoms with E-state index in [2.05, 4.69) is 131 Å². The zero-order chi connectivity index (χ0) is 25.4. The molecule has 4 rings (SSSR count). The second kappa shape index (κ2) is 9.49. The van der Waals surface area contributed by atoms with Gasteiger partial charge in [-0.15, -0.1) is 5.11 Å². The number of nitrogens with zero attached hydrogens (tertiary/aromatic N) is 5. The fourth-order valence-corrected chi connectivity index (χ4v) is 5.37. The highest BCUT2D eigenvalue weighted by molar-refractivity contribution is 5.54. The van der Waals surface area contributed by atoms with Gasteiger partial charge in [0.1, 0.15) is 0 Å². The Morgan fingerprint density at radius 3 is 1.20 bits per heavy atom. The number of hydrogen-bond acceptors (Lipinski definition) is 2. The number of aryl methyl sites for hydroxylation is 9. The molecule has 0 radical (unpaired) electrons. The summed E-state index contributed by atoms with van der Waals surface area (Å²) in [6, 6.07) is 13.1. The monoisotopic (exact) mass is 465 g/mol. The van der Waals surface area contributed by atoms with Crippen molar-refractivity contribution in [1.29, 1.82) is 0 Å². The van der Waals surface area contributed by atoms with Crippen LogP contribution in [-0.2, 0) is 0 Å². The average Bonchev–Trinajstić information content (AvgIpc) is 3.11. The molecule has 5 heteroatoms. The first-order valence-electron chi connectivity index (χ1n) is 12.1. The highest BCUT2D eigenvalue weighted by atomic mass is 15.4. The molecule has 0 saturated carbocycles. The first-order chi connectivity index (χ1) is 16.6. The molecular formula is C30H35N5. The molecule has 5 nitrogen and oxygen atoms in total. The standard InChI is InChI=1S/C30H35N5/c1-18-12-21(4)27(22(5)13-18)31-33-32-30-34(28-23(6)14-19(2)15-24(28)7)10-11-35(30)29-25(8)16-20(3)17-26(29)9/h10-17H,1-9H3.